The maximum Gasteiger partial charge on any atom is 0.309 e. The maximum absolute atomic E-state index is 13.0. The van der Waals surface area contributed by atoms with Crippen molar-refractivity contribution in [1.29, 1.82) is 0 Å². The van der Waals surface area contributed by atoms with Gasteiger partial charge in [-0.15, -0.1) is 0 Å². The Morgan fingerprint density at radius 2 is 2.00 bits per heavy atom. The van der Waals surface area contributed by atoms with E-state index in [1.807, 2.05) is 25.1 Å². The highest BCUT2D eigenvalue weighted by Gasteiger charge is 2.42. The van der Waals surface area contributed by atoms with Crippen molar-refractivity contribution in [3.05, 3.63) is 29.3 Å². The molecule has 8 nitrogen and oxygen atoms in total. The Morgan fingerprint density at radius 3 is 2.68 bits per heavy atom. The van der Waals surface area contributed by atoms with Gasteiger partial charge in [-0.05, 0) is 44.4 Å². The van der Waals surface area contributed by atoms with E-state index in [-0.39, 0.29) is 40.6 Å². The minimum Gasteiger partial charge on any atom is -0.466 e. The quantitative estimate of drug-likeness (QED) is 0.679. The lowest BCUT2D eigenvalue weighted by Gasteiger charge is -2.31. The van der Waals surface area contributed by atoms with Gasteiger partial charge < -0.3 is 15.0 Å². The molecule has 1 aromatic rings. The zero-order chi connectivity index (χ0) is 22.2. The van der Waals surface area contributed by atoms with E-state index in [4.69, 9.17) is 4.74 Å². The summed E-state index contributed by atoms with van der Waals surface area (Å²) in [6.45, 7) is 5.17. The Morgan fingerprint density at radius 1 is 1.26 bits per heavy atom. The lowest BCUT2D eigenvalue weighted by Crippen LogP contribution is -2.40. The van der Waals surface area contributed by atoms with Crippen LogP contribution in [0.2, 0.25) is 0 Å². The summed E-state index contributed by atoms with van der Waals surface area (Å²) < 4.78 is 28.6. The van der Waals surface area contributed by atoms with E-state index >= 15 is 0 Å². The molecule has 1 N–H and O–H groups in total. The first-order valence-electron chi connectivity index (χ1n) is 10.5. The molecule has 31 heavy (non-hydrogen) atoms. The number of carbonyl (C=O) groups is 2. The zero-order valence-electron chi connectivity index (χ0n) is 17.7. The normalized spacial score (nSPS) is 25.1. The fourth-order valence-corrected chi connectivity index (χ4v) is 7.85. The van der Waals surface area contributed by atoms with Crippen LogP contribution in [0.3, 0.4) is 0 Å². The van der Waals surface area contributed by atoms with Crippen LogP contribution in [0.1, 0.15) is 35.7 Å². The molecule has 2 atom stereocenters. The number of nitrogens with zero attached hydrogens (tertiary/aromatic N) is 2. The Kier molecular flexibility index (Phi) is 6.30. The third-order valence-corrected chi connectivity index (χ3v) is 9.09. The van der Waals surface area contributed by atoms with Crippen molar-refractivity contribution >= 4 is 44.3 Å². The van der Waals surface area contributed by atoms with Gasteiger partial charge in [0.05, 0.1) is 30.1 Å². The van der Waals surface area contributed by atoms with Crippen LogP contribution in [0.4, 0.5) is 5.69 Å². The first-order valence-corrected chi connectivity index (χ1v) is 13.2. The smallest absolute Gasteiger partial charge is 0.309 e. The maximum atomic E-state index is 13.0. The van der Waals surface area contributed by atoms with Gasteiger partial charge in [-0.3, -0.25) is 14.6 Å². The van der Waals surface area contributed by atoms with Crippen molar-refractivity contribution in [3.8, 4) is 0 Å². The molecule has 1 amide bonds. The number of thioether (sulfide) groups is 1. The highest BCUT2D eigenvalue weighted by Crippen LogP contribution is 2.35. The monoisotopic (exact) mass is 465 g/mol. The molecule has 0 spiro atoms. The van der Waals surface area contributed by atoms with E-state index in [0.29, 0.717) is 43.3 Å². The SMILES string of the molecule is CCOC(=O)C1CCN(C(=O)c2ccc(C)c(NC3=NC4CS(=O)(=O)CC4S3)c2)CC1. The van der Waals surface area contributed by atoms with Crippen LogP contribution in [-0.2, 0) is 19.4 Å². The fourth-order valence-electron chi connectivity index (χ4n) is 4.18. The lowest BCUT2D eigenvalue weighted by molar-refractivity contribution is -0.149. The number of benzene rings is 1. The van der Waals surface area contributed by atoms with Crippen LogP contribution < -0.4 is 5.32 Å². The summed E-state index contributed by atoms with van der Waals surface area (Å²) in [6, 6.07) is 5.34. The molecule has 10 heteroatoms. The molecule has 3 aliphatic rings. The second-order valence-electron chi connectivity index (χ2n) is 8.21. The summed E-state index contributed by atoms with van der Waals surface area (Å²) in [4.78, 5) is 31.2. The van der Waals surface area contributed by atoms with E-state index in [9.17, 15) is 18.0 Å². The van der Waals surface area contributed by atoms with E-state index in [1.54, 1.807) is 11.8 Å². The van der Waals surface area contributed by atoms with Crippen molar-refractivity contribution in [2.75, 3.05) is 36.5 Å². The number of likely N-dealkylation sites (tertiary alicyclic amines) is 1. The number of anilines is 1. The third kappa shape index (κ3) is 4.90. The second kappa shape index (κ2) is 8.82. The molecule has 0 aliphatic carbocycles. The predicted octanol–water partition coefficient (Wildman–Crippen LogP) is 2.09. The van der Waals surface area contributed by atoms with Gasteiger partial charge in [0, 0.05) is 29.6 Å². The van der Waals surface area contributed by atoms with Crippen molar-refractivity contribution in [2.24, 2.45) is 10.9 Å². The fraction of sp³-hybridized carbons (Fsp3) is 0.571. The molecular formula is C21H27N3O5S2. The van der Waals surface area contributed by atoms with Crippen LogP contribution in [0.5, 0.6) is 0 Å². The van der Waals surface area contributed by atoms with E-state index in [2.05, 4.69) is 10.3 Å². The molecule has 0 aromatic heterocycles. The number of ether oxygens (including phenoxy) is 1. The summed E-state index contributed by atoms with van der Waals surface area (Å²) in [5.41, 5.74) is 2.35. The largest absolute Gasteiger partial charge is 0.466 e. The van der Waals surface area contributed by atoms with Crippen LogP contribution >= 0.6 is 11.8 Å². The average Bonchev–Trinajstić information content (AvgIpc) is 3.22. The van der Waals surface area contributed by atoms with E-state index < -0.39 is 9.84 Å². The van der Waals surface area contributed by atoms with Crippen molar-refractivity contribution in [2.45, 2.75) is 38.0 Å². The number of rotatable bonds is 4. The third-order valence-electron chi connectivity index (χ3n) is 5.95. The number of aliphatic imine (C=N–C) groups is 1. The molecule has 3 heterocycles. The van der Waals surface area contributed by atoms with Gasteiger partial charge in [0.25, 0.3) is 5.91 Å². The number of amides is 1. The molecule has 0 saturated carbocycles. The molecule has 4 rings (SSSR count). The number of nitrogens with one attached hydrogen (secondary N) is 1. The number of hydrogen-bond acceptors (Lipinski definition) is 8. The second-order valence-corrected chi connectivity index (χ2v) is 11.6. The Hall–Kier alpha value is -2.07. The molecule has 3 aliphatic heterocycles. The topological polar surface area (TPSA) is 105 Å². The van der Waals surface area contributed by atoms with Crippen molar-refractivity contribution < 1.29 is 22.7 Å². The number of fused-ring (bicyclic) bond motifs is 1. The van der Waals surface area contributed by atoms with Gasteiger partial charge in [0.15, 0.2) is 15.0 Å². The van der Waals surface area contributed by atoms with Gasteiger partial charge in [0.1, 0.15) is 0 Å². The van der Waals surface area contributed by atoms with Gasteiger partial charge >= 0.3 is 5.97 Å². The van der Waals surface area contributed by atoms with E-state index in [1.165, 1.54) is 11.8 Å². The van der Waals surface area contributed by atoms with Crippen molar-refractivity contribution in [1.82, 2.24) is 4.90 Å². The zero-order valence-corrected chi connectivity index (χ0v) is 19.3. The van der Waals surface area contributed by atoms with Gasteiger partial charge in [0.2, 0.25) is 0 Å². The summed E-state index contributed by atoms with van der Waals surface area (Å²) in [5, 5.41) is 3.96. The number of aryl methyl sites for hydroxylation is 1. The highest BCUT2D eigenvalue weighted by molar-refractivity contribution is 8.15. The molecule has 2 fully saturated rings. The molecule has 1 aromatic carbocycles. The van der Waals surface area contributed by atoms with Gasteiger partial charge in [-0.1, -0.05) is 17.8 Å². The minimum absolute atomic E-state index is 0.0293. The van der Waals surface area contributed by atoms with E-state index in [0.717, 1.165) is 11.3 Å². The van der Waals surface area contributed by atoms with Crippen LogP contribution in [-0.4, -0.2) is 72.9 Å². The highest BCUT2D eigenvalue weighted by atomic mass is 32.2. The van der Waals surface area contributed by atoms with Crippen LogP contribution in [0, 0.1) is 12.8 Å². The molecule has 2 unspecified atom stereocenters. The summed E-state index contributed by atoms with van der Waals surface area (Å²) in [5.74, 6) is -0.108. The standard InChI is InChI=1S/C21H27N3O5S2/c1-3-29-20(26)14-6-8-24(9-7-14)19(25)15-5-4-13(2)16(10-15)22-21-23-17-11-31(27,28)12-18(17)30-21/h4-5,10,14,17-18H,3,6-9,11-12H2,1-2H3,(H,22,23). The van der Waals surface area contributed by atoms with Crippen LogP contribution in [0.25, 0.3) is 0 Å². The van der Waals surface area contributed by atoms with Gasteiger partial charge in [-0.2, -0.15) is 0 Å². The molecule has 2 saturated heterocycles. The number of esters is 1. The van der Waals surface area contributed by atoms with Crippen LogP contribution in [0.15, 0.2) is 23.2 Å². The number of hydrogen-bond donors (Lipinski definition) is 1. The molecule has 0 radical (unpaired) electrons. The number of sulfone groups is 1. The average molecular weight is 466 g/mol. The summed E-state index contributed by atoms with van der Waals surface area (Å²) in [7, 11) is -2.99. The Bertz CT molecular complexity index is 1020. The summed E-state index contributed by atoms with van der Waals surface area (Å²) >= 11 is 1.46. The Balaban J connectivity index is 1.40. The first-order chi connectivity index (χ1) is 14.8. The molecular weight excluding hydrogens is 438 g/mol. The van der Waals surface area contributed by atoms with Crippen molar-refractivity contribution in [3.63, 3.8) is 0 Å². The summed E-state index contributed by atoms with van der Waals surface area (Å²) in [6.07, 6.45) is 1.22. The number of piperidine rings is 1. The molecule has 0 bridgehead atoms. The Labute approximate surface area is 186 Å². The first kappa shape index (κ1) is 22.1. The predicted molar refractivity (Wildman–Crippen MR) is 121 cm³/mol. The molecule has 168 valence electrons. The lowest BCUT2D eigenvalue weighted by atomic mass is 9.96. The number of carbonyl (C=O) groups excluding carboxylic acids is 2. The number of amidine groups is 1. The van der Waals surface area contributed by atoms with Gasteiger partial charge in [-0.25, -0.2) is 8.42 Å². The minimum atomic E-state index is -2.99.